The molecule has 0 atom stereocenters. The number of hydrogen-bond acceptors (Lipinski definition) is 3. The predicted octanol–water partition coefficient (Wildman–Crippen LogP) is 2.93. The van der Waals surface area contributed by atoms with Gasteiger partial charge in [0.1, 0.15) is 5.82 Å². The molecule has 0 saturated carbocycles. The van der Waals surface area contributed by atoms with Gasteiger partial charge in [-0.15, -0.1) is 36.4 Å². The van der Waals surface area contributed by atoms with E-state index in [1.807, 2.05) is 0 Å². The molecule has 0 unspecified atom stereocenters. The second-order valence-electron chi connectivity index (χ2n) is 3.04. The van der Waals surface area contributed by atoms with Crippen LogP contribution in [0, 0.1) is 0 Å². The summed E-state index contributed by atoms with van der Waals surface area (Å²) in [6.07, 6.45) is 0. The standard InChI is InChI=1S/C10H9ClN2O2.2ClH/c1-15-10(14)6-2-3-7-8(4-6)13-9(5-11)12-7;;/h2-4H,5H2,1H3,(H,12,13);2*1H. The normalized spacial score (nSPS) is 9.29. The number of carbonyl (C=O) groups excluding carboxylic acids is 1. The zero-order valence-electron chi connectivity index (χ0n) is 8.90. The zero-order valence-corrected chi connectivity index (χ0v) is 11.3. The van der Waals surface area contributed by atoms with Crippen molar-refractivity contribution < 1.29 is 9.53 Å². The number of rotatable bonds is 2. The number of methoxy groups -OCH3 is 1. The van der Waals surface area contributed by atoms with Gasteiger partial charge in [-0.3, -0.25) is 0 Å². The first-order valence-corrected chi connectivity index (χ1v) is 4.91. The van der Waals surface area contributed by atoms with Gasteiger partial charge in [-0.05, 0) is 18.2 Å². The van der Waals surface area contributed by atoms with Crippen LogP contribution in [0.25, 0.3) is 11.0 Å². The number of nitrogens with one attached hydrogen (secondary N) is 1. The van der Waals surface area contributed by atoms with E-state index in [2.05, 4.69) is 14.7 Å². The van der Waals surface area contributed by atoms with E-state index in [1.54, 1.807) is 18.2 Å². The Bertz CT molecular complexity index is 513. The van der Waals surface area contributed by atoms with E-state index in [0.29, 0.717) is 17.3 Å². The first-order chi connectivity index (χ1) is 7.24. The van der Waals surface area contributed by atoms with E-state index in [4.69, 9.17) is 11.6 Å². The van der Waals surface area contributed by atoms with Crippen molar-refractivity contribution >= 4 is 53.4 Å². The maximum atomic E-state index is 11.3. The number of halogens is 3. The van der Waals surface area contributed by atoms with Crippen molar-refractivity contribution in [3.63, 3.8) is 0 Å². The molecule has 94 valence electrons. The van der Waals surface area contributed by atoms with E-state index < -0.39 is 0 Å². The lowest BCUT2D eigenvalue weighted by Crippen LogP contribution is -2.00. The molecule has 0 fully saturated rings. The summed E-state index contributed by atoms with van der Waals surface area (Å²) in [4.78, 5) is 18.5. The Balaban J connectivity index is 0.00000128. The molecular weight excluding hydrogens is 286 g/mol. The summed E-state index contributed by atoms with van der Waals surface area (Å²) in [5.74, 6) is 0.648. The SMILES string of the molecule is COC(=O)c1ccc2nc(CCl)[nH]c2c1.Cl.Cl. The molecule has 0 amide bonds. The van der Waals surface area contributed by atoms with E-state index in [1.165, 1.54) is 7.11 Å². The number of aromatic amines is 1. The van der Waals surface area contributed by atoms with Crippen molar-refractivity contribution in [2.75, 3.05) is 7.11 Å². The minimum Gasteiger partial charge on any atom is -0.465 e. The lowest BCUT2D eigenvalue weighted by atomic mass is 10.2. The summed E-state index contributed by atoms with van der Waals surface area (Å²) >= 11 is 5.64. The van der Waals surface area contributed by atoms with Crippen molar-refractivity contribution in [2.24, 2.45) is 0 Å². The topological polar surface area (TPSA) is 55.0 Å². The van der Waals surface area contributed by atoms with Crippen LogP contribution in [-0.2, 0) is 10.6 Å². The van der Waals surface area contributed by atoms with Crippen LogP contribution in [0.1, 0.15) is 16.2 Å². The first-order valence-electron chi connectivity index (χ1n) is 4.37. The molecule has 0 aliphatic rings. The molecule has 1 aromatic heterocycles. The Morgan fingerprint density at radius 1 is 1.47 bits per heavy atom. The van der Waals surface area contributed by atoms with Crippen LogP contribution >= 0.6 is 36.4 Å². The lowest BCUT2D eigenvalue weighted by molar-refractivity contribution is 0.0601. The number of H-pyrrole nitrogens is 1. The van der Waals surface area contributed by atoms with Crippen LogP contribution < -0.4 is 0 Å². The summed E-state index contributed by atoms with van der Waals surface area (Å²) in [6.45, 7) is 0. The largest absolute Gasteiger partial charge is 0.465 e. The molecule has 1 aromatic carbocycles. The number of esters is 1. The van der Waals surface area contributed by atoms with Crippen molar-refractivity contribution in [1.82, 2.24) is 9.97 Å². The molecule has 0 saturated heterocycles. The second-order valence-corrected chi connectivity index (χ2v) is 3.31. The van der Waals surface area contributed by atoms with E-state index in [9.17, 15) is 4.79 Å². The van der Waals surface area contributed by atoms with Crippen molar-refractivity contribution in [1.29, 1.82) is 0 Å². The van der Waals surface area contributed by atoms with E-state index in [-0.39, 0.29) is 30.8 Å². The molecule has 7 heteroatoms. The summed E-state index contributed by atoms with van der Waals surface area (Å²) in [6, 6.07) is 5.13. The molecule has 0 bridgehead atoms. The maximum absolute atomic E-state index is 11.3. The number of hydrogen-bond donors (Lipinski definition) is 1. The van der Waals surface area contributed by atoms with Gasteiger partial charge in [-0.2, -0.15) is 0 Å². The zero-order chi connectivity index (χ0) is 10.8. The highest BCUT2D eigenvalue weighted by Gasteiger charge is 2.08. The van der Waals surface area contributed by atoms with Crippen molar-refractivity contribution in [2.45, 2.75) is 5.88 Å². The highest BCUT2D eigenvalue weighted by Crippen LogP contribution is 2.15. The smallest absolute Gasteiger partial charge is 0.337 e. The number of benzene rings is 1. The molecule has 17 heavy (non-hydrogen) atoms. The third kappa shape index (κ3) is 3.25. The van der Waals surface area contributed by atoms with Gasteiger partial charge in [-0.1, -0.05) is 0 Å². The molecule has 4 nitrogen and oxygen atoms in total. The van der Waals surface area contributed by atoms with Crippen LogP contribution in [0.4, 0.5) is 0 Å². The average molecular weight is 298 g/mol. The van der Waals surface area contributed by atoms with Crippen LogP contribution in [0.2, 0.25) is 0 Å². The fourth-order valence-corrected chi connectivity index (χ4v) is 1.50. The monoisotopic (exact) mass is 296 g/mol. The molecule has 0 aliphatic heterocycles. The van der Waals surface area contributed by atoms with Crippen LogP contribution in [0.3, 0.4) is 0 Å². The molecule has 2 rings (SSSR count). The summed E-state index contributed by atoms with van der Waals surface area (Å²) in [5.41, 5.74) is 2.07. The lowest BCUT2D eigenvalue weighted by Gasteiger charge is -1.97. The minimum atomic E-state index is -0.362. The number of aromatic nitrogens is 2. The van der Waals surface area contributed by atoms with Crippen molar-refractivity contribution in [3.05, 3.63) is 29.6 Å². The Labute approximate surface area is 116 Å². The van der Waals surface area contributed by atoms with Gasteiger partial charge in [0.05, 0.1) is 29.6 Å². The van der Waals surface area contributed by atoms with Crippen LogP contribution in [-0.4, -0.2) is 23.0 Å². The highest BCUT2D eigenvalue weighted by atomic mass is 35.5. The summed E-state index contributed by atoms with van der Waals surface area (Å²) in [5, 5.41) is 0. The van der Waals surface area contributed by atoms with Gasteiger partial charge in [0.2, 0.25) is 0 Å². The molecule has 0 aliphatic carbocycles. The van der Waals surface area contributed by atoms with E-state index in [0.717, 1.165) is 11.0 Å². The number of imidazole rings is 1. The number of fused-ring (bicyclic) bond motifs is 1. The third-order valence-corrected chi connectivity index (χ3v) is 2.33. The van der Waals surface area contributed by atoms with Crippen LogP contribution in [0.5, 0.6) is 0 Å². The first kappa shape index (κ1) is 16.0. The molecular formula is C10H11Cl3N2O2. The van der Waals surface area contributed by atoms with Gasteiger partial charge in [-0.25, -0.2) is 9.78 Å². The Kier molecular flexibility index (Phi) is 6.31. The fraction of sp³-hybridized carbons (Fsp3) is 0.200. The Morgan fingerprint density at radius 3 is 2.76 bits per heavy atom. The summed E-state index contributed by atoms with van der Waals surface area (Å²) in [7, 11) is 1.35. The Morgan fingerprint density at radius 2 is 2.18 bits per heavy atom. The molecule has 0 radical (unpaired) electrons. The van der Waals surface area contributed by atoms with Crippen LogP contribution in [0.15, 0.2) is 18.2 Å². The second kappa shape index (κ2) is 6.69. The molecule has 2 aromatic rings. The van der Waals surface area contributed by atoms with Gasteiger partial charge in [0.25, 0.3) is 0 Å². The average Bonchev–Trinajstić information content (AvgIpc) is 2.69. The van der Waals surface area contributed by atoms with Gasteiger partial charge in [0.15, 0.2) is 0 Å². The highest BCUT2D eigenvalue weighted by molar-refractivity contribution is 6.16. The van der Waals surface area contributed by atoms with E-state index >= 15 is 0 Å². The van der Waals surface area contributed by atoms with Crippen molar-refractivity contribution in [3.8, 4) is 0 Å². The van der Waals surface area contributed by atoms with Gasteiger partial charge < -0.3 is 9.72 Å². The van der Waals surface area contributed by atoms with Gasteiger partial charge in [0, 0.05) is 0 Å². The fourth-order valence-electron chi connectivity index (χ4n) is 1.37. The third-order valence-electron chi connectivity index (χ3n) is 2.08. The minimum absolute atomic E-state index is 0. The predicted molar refractivity (Wildman–Crippen MR) is 71.5 cm³/mol. The Hall–Kier alpha value is -0.970. The number of alkyl halides is 1. The number of nitrogens with zero attached hydrogens (tertiary/aromatic N) is 1. The molecule has 1 heterocycles. The molecule has 0 spiro atoms. The maximum Gasteiger partial charge on any atom is 0.337 e. The quantitative estimate of drug-likeness (QED) is 0.685. The number of carbonyl (C=O) groups is 1. The van der Waals surface area contributed by atoms with Gasteiger partial charge >= 0.3 is 5.97 Å². The molecule has 1 N–H and O–H groups in total. The number of ether oxygens (including phenoxy) is 1. The summed E-state index contributed by atoms with van der Waals surface area (Å²) < 4.78 is 4.62.